The highest BCUT2D eigenvalue weighted by Crippen LogP contribution is 2.27. The van der Waals surface area contributed by atoms with E-state index in [0.29, 0.717) is 6.54 Å². The van der Waals surface area contributed by atoms with Crippen LogP contribution in [0.3, 0.4) is 0 Å². The third kappa shape index (κ3) is 4.07. The van der Waals surface area contributed by atoms with E-state index in [9.17, 15) is 4.79 Å². The van der Waals surface area contributed by atoms with Crippen LogP contribution in [-0.2, 0) is 9.53 Å². The molecule has 1 aliphatic heterocycles. The molecule has 8 heteroatoms. The number of rotatable bonds is 5. The highest BCUT2D eigenvalue weighted by atomic mass is 32.1. The normalized spacial score (nSPS) is 17.8. The largest absolute Gasteiger partial charge is 0.375 e. The number of methoxy groups -OCH3 is 1. The van der Waals surface area contributed by atoms with Crippen molar-refractivity contribution < 1.29 is 9.53 Å². The average molecular weight is 347 g/mol. The molecule has 0 saturated carbocycles. The molecule has 24 heavy (non-hydrogen) atoms. The van der Waals surface area contributed by atoms with Crippen LogP contribution in [0.15, 0.2) is 18.2 Å². The second-order valence-corrected chi connectivity index (χ2v) is 6.99. The second-order valence-electron chi connectivity index (χ2n) is 5.81. The van der Waals surface area contributed by atoms with E-state index in [-0.39, 0.29) is 18.4 Å². The van der Waals surface area contributed by atoms with Gasteiger partial charge in [0.25, 0.3) is 0 Å². The molecule has 0 aliphatic carbocycles. The summed E-state index contributed by atoms with van der Waals surface area (Å²) in [6, 6.07) is 5.91. The van der Waals surface area contributed by atoms with Crippen LogP contribution < -0.4 is 5.32 Å². The first kappa shape index (κ1) is 16.8. The van der Waals surface area contributed by atoms with Crippen molar-refractivity contribution in [1.82, 2.24) is 20.1 Å². The number of likely N-dealkylation sites (tertiary alicyclic amines) is 1. The maximum atomic E-state index is 12.0. The molecule has 3 rings (SSSR count). The molecule has 1 fully saturated rings. The fraction of sp³-hybridized carbons (Fsp3) is 0.500. The number of aryl methyl sites for hydroxylation is 1. The lowest BCUT2D eigenvalue weighted by atomic mass is 9.94. The van der Waals surface area contributed by atoms with Gasteiger partial charge in [-0.1, -0.05) is 17.4 Å². The monoisotopic (exact) mass is 347 g/mol. The number of nitrogens with one attached hydrogen (secondary N) is 1. The third-order valence-electron chi connectivity index (χ3n) is 3.99. The van der Waals surface area contributed by atoms with Crippen molar-refractivity contribution in [2.24, 2.45) is 0 Å². The number of carbonyl (C=O) groups excluding carboxylic acids is 1. The van der Waals surface area contributed by atoms with Crippen molar-refractivity contribution >= 4 is 28.2 Å². The number of hydrogen-bond donors (Lipinski definition) is 1. The van der Waals surface area contributed by atoms with Gasteiger partial charge in [0.1, 0.15) is 17.4 Å². The molecular weight excluding hydrogens is 326 g/mol. The summed E-state index contributed by atoms with van der Waals surface area (Å²) < 4.78 is 4.96. The van der Waals surface area contributed by atoms with Gasteiger partial charge < -0.3 is 15.0 Å². The SMILES string of the molecule is COCC(=O)N1CCC[C@@H](c2cccc(Nc3nnc(C)s3)n2)C1. The third-order valence-corrected chi connectivity index (χ3v) is 4.75. The van der Waals surface area contributed by atoms with E-state index in [1.807, 2.05) is 30.0 Å². The molecule has 0 spiro atoms. The Morgan fingerprint density at radius 3 is 3.08 bits per heavy atom. The summed E-state index contributed by atoms with van der Waals surface area (Å²) in [5.41, 5.74) is 0.996. The summed E-state index contributed by atoms with van der Waals surface area (Å²) in [6.45, 7) is 3.54. The lowest BCUT2D eigenvalue weighted by molar-refractivity contribution is -0.136. The average Bonchev–Trinajstić information content (AvgIpc) is 3.00. The molecule has 1 saturated heterocycles. The molecule has 0 bridgehead atoms. The van der Waals surface area contributed by atoms with E-state index in [1.54, 1.807) is 7.11 Å². The first-order valence-electron chi connectivity index (χ1n) is 7.96. The van der Waals surface area contributed by atoms with Crippen molar-refractivity contribution in [3.8, 4) is 0 Å². The number of ether oxygens (including phenoxy) is 1. The van der Waals surface area contributed by atoms with Crippen molar-refractivity contribution in [2.75, 3.05) is 32.1 Å². The van der Waals surface area contributed by atoms with Gasteiger partial charge in [-0.05, 0) is 31.9 Å². The van der Waals surface area contributed by atoms with E-state index in [1.165, 1.54) is 11.3 Å². The number of amides is 1. The van der Waals surface area contributed by atoms with Gasteiger partial charge in [-0.25, -0.2) is 4.98 Å². The summed E-state index contributed by atoms with van der Waals surface area (Å²) in [5, 5.41) is 12.9. The van der Waals surface area contributed by atoms with Crippen LogP contribution in [0.4, 0.5) is 10.9 Å². The molecule has 2 aromatic heterocycles. The second kappa shape index (κ2) is 7.67. The fourth-order valence-corrected chi connectivity index (χ4v) is 3.46. The standard InChI is InChI=1S/C16H21N5O2S/c1-11-19-20-16(24-11)18-14-7-3-6-13(17-14)12-5-4-8-21(9-12)15(22)10-23-2/h3,6-7,12H,4-5,8-10H2,1-2H3,(H,17,18,20)/t12-/m1/s1. The number of piperidine rings is 1. The molecule has 7 nitrogen and oxygen atoms in total. The highest BCUT2D eigenvalue weighted by molar-refractivity contribution is 7.15. The Kier molecular flexibility index (Phi) is 5.37. The molecule has 0 aromatic carbocycles. The predicted octanol–water partition coefficient (Wildman–Crippen LogP) is 2.34. The summed E-state index contributed by atoms with van der Waals surface area (Å²) >= 11 is 1.49. The molecule has 3 heterocycles. The number of aromatic nitrogens is 3. The van der Waals surface area contributed by atoms with Crippen molar-refractivity contribution in [3.05, 3.63) is 28.9 Å². The van der Waals surface area contributed by atoms with Crippen LogP contribution in [0.2, 0.25) is 0 Å². The number of hydrogen-bond acceptors (Lipinski definition) is 7. The van der Waals surface area contributed by atoms with Gasteiger partial charge in [0, 0.05) is 31.8 Å². The summed E-state index contributed by atoms with van der Waals surface area (Å²) in [6.07, 6.45) is 2.01. The van der Waals surface area contributed by atoms with Crippen LogP contribution in [0.1, 0.15) is 29.5 Å². The molecule has 1 aliphatic rings. The van der Waals surface area contributed by atoms with Crippen LogP contribution in [0.5, 0.6) is 0 Å². The predicted molar refractivity (Wildman–Crippen MR) is 92.6 cm³/mol. The maximum Gasteiger partial charge on any atom is 0.248 e. The van der Waals surface area contributed by atoms with Gasteiger partial charge in [0.05, 0.1) is 0 Å². The first-order valence-corrected chi connectivity index (χ1v) is 8.78. The van der Waals surface area contributed by atoms with Gasteiger partial charge in [0.2, 0.25) is 11.0 Å². The van der Waals surface area contributed by atoms with Crippen LogP contribution in [0.25, 0.3) is 0 Å². The number of carbonyl (C=O) groups is 1. The van der Waals surface area contributed by atoms with Crippen molar-refractivity contribution in [2.45, 2.75) is 25.7 Å². The molecule has 1 atom stereocenters. The summed E-state index contributed by atoms with van der Waals surface area (Å²) in [7, 11) is 1.55. The van der Waals surface area contributed by atoms with Gasteiger partial charge in [-0.3, -0.25) is 4.79 Å². The fourth-order valence-electron chi connectivity index (χ4n) is 2.86. The molecule has 0 radical (unpaired) electrons. The lowest BCUT2D eigenvalue weighted by Gasteiger charge is -2.32. The summed E-state index contributed by atoms with van der Waals surface area (Å²) in [4.78, 5) is 18.6. The van der Waals surface area contributed by atoms with Crippen molar-refractivity contribution in [1.29, 1.82) is 0 Å². The molecule has 1 amide bonds. The van der Waals surface area contributed by atoms with Crippen LogP contribution >= 0.6 is 11.3 Å². The molecule has 128 valence electrons. The van der Waals surface area contributed by atoms with Crippen molar-refractivity contribution in [3.63, 3.8) is 0 Å². The van der Waals surface area contributed by atoms with E-state index < -0.39 is 0 Å². The zero-order chi connectivity index (χ0) is 16.9. The Bertz CT molecular complexity index is 705. The summed E-state index contributed by atoms with van der Waals surface area (Å²) in [5.74, 6) is 1.04. The Morgan fingerprint density at radius 2 is 2.33 bits per heavy atom. The Balaban J connectivity index is 1.70. The van der Waals surface area contributed by atoms with E-state index in [2.05, 4.69) is 15.5 Å². The van der Waals surface area contributed by atoms with E-state index in [4.69, 9.17) is 9.72 Å². The number of pyridine rings is 1. The zero-order valence-electron chi connectivity index (χ0n) is 13.9. The molecule has 2 aromatic rings. The quantitative estimate of drug-likeness (QED) is 0.894. The first-order chi connectivity index (χ1) is 11.7. The van der Waals surface area contributed by atoms with Crippen LogP contribution in [-0.4, -0.2) is 52.8 Å². The highest BCUT2D eigenvalue weighted by Gasteiger charge is 2.25. The molecule has 1 N–H and O–H groups in total. The molecule has 0 unspecified atom stereocenters. The minimum atomic E-state index is 0.0424. The minimum absolute atomic E-state index is 0.0424. The van der Waals surface area contributed by atoms with E-state index in [0.717, 1.165) is 41.0 Å². The number of nitrogens with zero attached hydrogens (tertiary/aromatic N) is 4. The van der Waals surface area contributed by atoms with E-state index >= 15 is 0 Å². The van der Waals surface area contributed by atoms with Crippen LogP contribution in [0, 0.1) is 6.92 Å². The Labute approximate surface area is 145 Å². The van der Waals surface area contributed by atoms with Gasteiger partial charge in [-0.15, -0.1) is 10.2 Å². The lowest BCUT2D eigenvalue weighted by Crippen LogP contribution is -2.41. The Morgan fingerprint density at radius 1 is 1.46 bits per heavy atom. The van der Waals surface area contributed by atoms with Gasteiger partial charge in [-0.2, -0.15) is 0 Å². The number of anilines is 2. The minimum Gasteiger partial charge on any atom is -0.375 e. The zero-order valence-corrected chi connectivity index (χ0v) is 14.7. The molecular formula is C16H21N5O2S. The topological polar surface area (TPSA) is 80.2 Å². The smallest absolute Gasteiger partial charge is 0.248 e. The van der Waals surface area contributed by atoms with Gasteiger partial charge >= 0.3 is 0 Å². The maximum absolute atomic E-state index is 12.0. The van der Waals surface area contributed by atoms with Gasteiger partial charge in [0.15, 0.2) is 0 Å². The Hall–Kier alpha value is -2.06.